The van der Waals surface area contributed by atoms with Crippen LogP contribution >= 0.6 is 24.0 Å². The van der Waals surface area contributed by atoms with Gasteiger partial charge in [0.2, 0.25) is 0 Å². The van der Waals surface area contributed by atoms with Gasteiger partial charge in [-0.3, -0.25) is 4.99 Å². The SMILES string of the molecule is CCNC(=NCCCNC(=O)OC(C)(C)C)NCCCOCC1CCCO1.I. The molecule has 0 aromatic heterocycles. The van der Waals surface area contributed by atoms with Gasteiger partial charge in [-0.25, -0.2) is 4.79 Å². The number of alkyl carbamates (subject to hydrolysis) is 1. The number of guanidine groups is 1. The van der Waals surface area contributed by atoms with E-state index in [4.69, 9.17) is 14.2 Å². The quantitative estimate of drug-likeness (QED) is 0.170. The fraction of sp³-hybridized carbons (Fsp3) is 0.895. The summed E-state index contributed by atoms with van der Waals surface area (Å²) in [6.07, 6.45) is 3.81. The van der Waals surface area contributed by atoms with Gasteiger partial charge in [-0.1, -0.05) is 0 Å². The van der Waals surface area contributed by atoms with Gasteiger partial charge in [-0.2, -0.15) is 0 Å². The van der Waals surface area contributed by atoms with E-state index in [1.54, 1.807) is 0 Å². The Balaban J connectivity index is 0.00000729. The van der Waals surface area contributed by atoms with Crippen molar-refractivity contribution in [3.8, 4) is 0 Å². The van der Waals surface area contributed by atoms with Crippen LogP contribution in [0, 0.1) is 0 Å². The Bertz CT molecular complexity index is 438. The van der Waals surface area contributed by atoms with Crippen LogP contribution in [0.25, 0.3) is 0 Å². The van der Waals surface area contributed by atoms with Crippen LogP contribution in [0.4, 0.5) is 4.79 Å². The molecule has 1 aliphatic rings. The van der Waals surface area contributed by atoms with Crippen LogP contribution < -0.4 is 16.0 Å². The summed E-state index contributed by atoms with van der Waals surface area (Å²) in [6.45, 7) is 12.6. The number of aliphatic imine (C=N–C) groups is 1. The van der Waals surface area contributed by atoms with Crippen molar-refractivity contribution in [2.45, 2.75) is 65.1 Å². The number of carbonyl (C=O) groups is 1. The summed E-state index contributed by atoms with van der Waals surface area (Å²) in [5.41, 5.74) is -0.474. The normalized spacial score (nSPS) is 17.0. The maximum Gasteiger partial charge on any atom is 0.407 e. The highest BCUT2D eigenvalue weighted by atomic mass is 127. The van der Waals surface area contributed by atoms with E-state index in [2.05, 4.69) is 20.9 Å². The maximum absolute atomic E-state index is 11.6. The van der Waals surface area contributed by atoms with Gasteiger partial charge in [-0.15, -0.1) is 24.0 Å². The third-order valence-electron chi connectivity index (χ3n) is 3.70. The largest absolute Gasteiger partial charge is 0.444 e. The molecule has 0 aromatic rings. The van der Waals surface area contributed by atoms with Crippen molar-refractivity contribution >= 4 is 36.0 Å². The molecular weight excluding hydrogens is 475 g/mol. The van der Waals surface area contributed by atoms with Crippen LogP contribution in [0.5, 0.6) is 0 Å². The molecule has 0 spiro atoms. The predicted molar refractivity (Wildman–Crippen MR) is 123 cm³/mol. The molecule has 3 N–H and O–H groups in total. The van der Waals surface area contributed by atoms with E-state index < -0.39 is 5.60 Å². The van der Waals surface area contributed by atoms with E-state index in [1.807, 2.05) is 27.7 Å². The molecule has 166 valence electrons. The minimum atomic E-state index is -0.474. The first-order valence-electron chi connectivity index (χ1n) is 10.1. The summed E-state index contributed by atoms with van der Waals surface area (Å²) in [4.78, 5) is 16.1. The van der Waals surface area contributed by atoms with Crippen molar-refractivity contribution < 1.29 is 19.0 Å². The fourth-order valence-corrected chi connectivity index (χ4v) is 2.49. The zero-order valence-corrected chi connectivity index (χ0v) is 20.2. The van der Waals surface area contributed by atoms with Crippen molar-refractivity contribution in [3.05, 3.63) is 0 Å². The lowest BCUT2D eigenvalue weighted by Crippen LogP contribution is -2.38. The molecule has 8 nitrogen and oxygen atoms in total. The Morgan fingerprint density at radius 3 is 2.57 bits per heavy atom. The molecule has 1 fully saturated rings. The summed E-state index contributed by atoms with van der Waals surface area (Å²) < 4.78 is 16.4. The molecule has 1 heterocycles. The second kappa shape index (κ2) is 16.0. The van der Waals surface area contributed by atoms with Crippen LogP contribution in [-0.4, -0.2) is 69.8 Å². The lowest BCUT2D eigenvalue weighted by Gasteiger charge is -2.19. The molecule has 28 heavy (non-hydrogen) atoms. The Morgan fingerprint density at radius 2 is 1.93 bits per heavy atom. The third-order valence-corrected chi connectivity index (χ3v) is 3.70. The molecule has 1 unspecified atom stereocenters. The minimum absolute atomic E-state index is 0. The van der Waals surface area contributed by atoms with Gasteiger partial charge >= 0.3 is 6.09 Å². The molecule has 0 aliphatic carbocycles. The highest BCUT2D eigenvalue weighted by Gasteiger charge is 2.15. The Hall–Kier alpha value is -0.810. The van der Waals surface area contributed by atoms with E-state index in [1.165, 1.54) is 0 Å². The van der Waals surface area contributed by atoms with Gasteiger partial charge in [0.1, 0.15) is 5.60 Å². The monoisotopic (exact) mass is 514 g/mol. The number of hydrogen-bond acceptors (Lipinski definition) is 5. The summed E-state index contributed by atoms with van der Waals surface area (Å²) in [5, 5.41) is 9.25. The van der Waals surface area contributed by atoms with E-state index in [9.17, 15) is 4.79 Å². The molecule has 9 heteroatoms. The molecule has 1 saturated heterocycles. The van der Waals surface area contributed by atoms with E-state index in [-0.39, 0.29) is 36.2 Å². The number of nitrogens with one attached hydrogen (secondary N) is 3. The highest BCUT2D eigenvalue weighted by molar-refractivity contribution is 14.0. The molecule has 1 amide bonds. The average molecular weight is 514 g/mol. The van der Waals surface area contributed by atoms with Crippen molar-refractivity contribution in [2.75, 3.05) is 46.0 Å². The molecule has 0 radical (unpaired) electrons. The Labute approximate surface area is 186 Å². The zero-order valence-electron chi connectivity index (χ0n) is 17.8. The molecular formula is C19H39IN4O4. The Kier molecular flexibility index (Phi) is 15.6. The molecule has 1 rings (SSSR count). The number of carbonyl (C=O) groups excluding carboxylic acids is 1. The van der Waals surface area contributed by atoms with Crippen LogP contribution in [0.15, 0.2) is 4.99 Å². The topological polar surface area (TPSA) is 93.2 Å². The molecule has 1 aliphatic heterocycles. The van der Waals surface area contributed by atoms with Gasteiger partial charge in [0.25, 0.3) is 0 Å². The number of nitrogens with zero attached hydrogens (tertiary/aromatic N) is 1. The smallest absolute Gasteiger partial charge is 0.407 e. The number of hydrogen-bond donors (Lipinski definition) is 3. The molecule has 0 saturated carbocycles. The van der Waals surface area contributed by atoms with Gasteiger partial charge in [0, 0.05) is 39.4 Å². The second-order valence-electron chi connectivity index (χ2n) is 7.53. The van der Waals surface area contributed by atoms with E-state index in [0.717, 1.165) is 51.3 Å². The van der Waals surface area contributed by atoms with E-state index >= 15 is 0 Å². The summed E-state index contributed by atoms with van der Waals surface area (Å²) >= 11 is 0. The minimum Gasteiger partial charge on any atom is -0.444 e. The standard InChI is InChI=1S/C19H38N4O4.HI/c1-5-20-17(21-10-7-11-23-18(24)27-19(2,3)4)22-12-8-13-25-15-16-9-6-14-26-16;/h16H,5-15H2,1-4H3,(H,23,24)(H2,20,21,22);1H. The van der Waals surface area contributed by atoms with Crippen LogP contribution in [0.2, 0.25) is 0 Å². The third kappa shape index (κ3) is 15.2. The van der Waals surface area contributed by atoms with Crippen molar-refractivity contribution in [1.82, 2.24) is 16.0 Å². The predicted octanol–water partition coefficient (Wildman–Crippen LogP) is 2.66. The molecule has 0 bridgehead atoms. The van der Waals surface area contributed by atoms with Gasteiger partial charge < -0.3 is 30.2 Å². The number of amides is 1. The van der Waals surface area contributed by atoms with Crippen molar-refractivity contribution in [3.63, 3.8) is 0 Å². The van der Waals surface area contributed by atoms with Crippen molar-refractivity contribution in [2.24, 2.45) is 4.99 Å². The van der Waals surface area contributed by atoms with Crippen LogP contribution in [0.1, 0.15) is 53.4 Å². The lowest BCUT2D eigenvalue weighted by molar-refractivity contribution is 0.0168. The first-order chi connectivity index (χ1) is 12.9. The van der Waals surface area contributed by atoms with Gasteiger partial charge in [0.05, 0.1) is 12.7 Å². The zero-order chi connectivity index (χ0) is 20.0. The summed E-state index contributed by atoms with van der Waals surface area (Å²) in [7, 11) is 0. The Morgan fingerprint density at radius 1 is 1.18 bits per heavy atom. The first kappa shape index (κ1) is 27.2. The van der Waals surface area contributed by atoms with Gasteiger partial charge in [-0.05, 0) is 53.4 Å². The highest BCUT2D eigenvalue weighted by Crippen LogP contribution is 2.11. The van der Waals surface area contributed by atoms with Crippen molar-refractivity contribution in [1.29, 1.82) is 0 Å². The van der Waals surface area contributed by atoms with Gasteiger partial charge in [0.15, 0.2) is 5.96 Å². The average Bonchev–Trinajstić information content (AvgIpc) is 3.09. The summed E-state index contributed by atoms with van der Waals surface area (Å²) in [6, 6.07) is 0. The number of rotatable bonds is 11. The number of halogens is 1. The first-order valence-corrected chi connectivity index (χ1v) is 10.1. The molecule has 0 aromatic carbocycles. The second-order valence-corrected chi connectivity index (χ2v) is 7.53. The van der Waals surface area contributed by atoms with Crippen LogP contribution in [0.3, 0.4) is 0 Å². The van der Waals surface area contributed by atoms with Crippen LogP contribution in [-0.2, 0) is 14.2 Å². The maximum atomic E-state index is 11.6. The number of ether oxygens (including phenoxy) is 3. The lowest BCUT2D eigenvalue weighted by atomic mass is 10.2. The molecule has 1 atom stereocenters. The summed E-state index contributed by atoms with van der Waals surface area (Å²) in [5.74, 6) is 0.786. The fourth-order valence-electron chi connectivity index (χ4n) is 2.49. The van der Waals surface area contributed by atoms with E-state index in [0.29, 0.717) is 26.3 Å².